The monoisotopic (exact) mass is 1160 g/mol. The number of phenols is 1. The Labute approximate surface area is 494 Å². The average Bonchev–Trinajstić information content (AvgIpc) is 2.08. The number of aliphatic hydroxyl groups excluding tert-OH is 1. The number of piperazine rings is 1. The minimum atomic E-state index is -0.813. The zero-order valence-electron chi connectivity index (χ0n) is 48.5. The summed E-state index contributed by atoms with van der Waals surface area (Å²) in [5, 5.41) is 37.6. The summed E-state index contributed by atoms with van der Waals surface area (Å²) in [5.74, 6) is 1.53. The number of nitrogens with zero attached hydrogens (tertiary/aromatic N) is 10. The number of nitrogens with two attached hydrogens (primary N) is 1. The summed E-state index contributed by atoms with van der Waals surface area (Å²) in [5.41, 5.74) is 14.5. The van der Waals surface area contributed by atoms with Gasteiger partial charge in [-0.25, -0.2) is 9.97 Å². The van der Waals surface area contributed by atoms with E-state index in [2.05, 4.69) is 62.4 Å². The highest BCUT2D eigenvalue weighted by Crippen LogP contribution is 2.44. The van der Waals surface area contributed by atoms with Gasteiger partial charge in [-0.3, -0.25) is 14.5 Å². The molecular formula is C63H78N12O8S. The third-order valence-electron chi connectivity index (χ3n) is 19.3. The Bertz CT molecular complexity index is 3280. The number of rotatable bonds is 17. The van der Waals surface area contributed by atoms with Crippen molar-refractivity contribution in [3.8, 4) is 33.3 Å². The van der Waals surface area contributed by atoms with Crippen LogP contribution in [0.3, 0.4) is 0 Å². The van der Waals surface area contributed by atoms with Gasteiger partial charge in [-0.1, -0.05) is 55.4 Å². The van der Waals surface area contributed by atoms with Crippen molar-refractivity contribution in [3.05, 3.63) is 102 Å². The summed E-state index contributed by atoms with van der Waals surface area (Å²) in [6.45, 7) is 14.6. The Morgan fingerprint density at radius 3 is 2.27 bits per heavy atom. The highest BCUT2D eigenvalue weighted by Gasteiger charge is 2.52. The molecule has 21 heteroatoms. The molecule has 6 aromatic rings. The van der Waals surface area contributed by atoms with Gasteiger partial charge in [0.1, 0.15) is 23.8 Å². The molecule has 1 saturated carbocycles. The molecule has 7 fully saturated rings. The average molecular weight is 1160 g/mol. The number of ether oxygens (including phenoxy) is 3. The molecule has 2 amide bonds. The Kier molecular flexibility index (Phi) is 15.7. The summed E-state index contributed by atoms with van der Waals surface area (Å²) in [7, 11) is 0. The van der Waals surface area contributed by atoms with Crippen molar-refractivity contribution >= 4 is 46.2 Å². The first kappa shape index (κ1) is 56.2. The van der Waals surface area contributed by atoms with Crippen LogP contribution in [0, 0.1) is 18.8 Å². The lowest BCUT2D eigenvalue weighted by molar-refractivity contribution is -0.189. The fourth-order valence-electron chi connectivity index (χ4n) is 14.5. The molecule has 444 valence electrons. The van der Waals surface area contributed by atoms with E-state index in [0.29, 0.717) is 46.7 Å². The number of β-amino-alcohol motifs (C(OH)–C–C–N with tert-alkyl or cyclic N) is 1. The number of nitrogen functional groups attached to an aromatic ring is 1. The third-order valence-corrected chi connectivity index (χ3v) is 20.3. The second kappa shape index (κ2) is 23.5. The van der Waals surface area contributed by atoms with Crippen LogP contribution >= 0.6 is 11.3 Å². The minimum Gasteiger partial charge on any atom is -0.507 e. The predicted octanol–water partition coefficient (Wildman–Crippen LogP) is 7.76. The number of nitrogens with one attached hydrogen (secondary N) is 1. The summed E-state index contributed by atoms with van der Waals surface area (Å²) >= 11 is 1.60. The fraction of sp³-hybridized carbons (Fsp3) is 0.540. The van der Waals surface area contributed by atoms with Gasteiger partial charge in [-0.05, 0) is 99.6 Å². The van der Waals surface area contributed by atoms with E-state index in [9.17, 15) is 19.8 Å². The topological polar surface area (TPSA) is 234 Å². The van der Waals surface area contributed by atoms with Crippen LogP contribution in [0.4, 0.5) is 23.0 Å². The molecule has 7 aliphatic rings. The van der Waals surface area contributed by atoms with Gasteiger partial charge in [-0.2, -0.15) is 0 Å². The van der Waals surface area contributed by atoms with Crippen LogP contribution in [0.25, 0.3) is 21.7 Å². The summed E-state index contributed by atoms with van der Waals surface area (Å²) in [6.07, 6.45) is 9.50. The minimum absolute atomic E-state index is 0.0153. The molecular weight excluding hydrogens is 1080 g/mol. The number of aromatic nitrogens is 5. The van der Waals surface area contributed by atoms with Crippen LogP contribution in [0.5, 0.6) is 11.6 Å². The van der Waals surface area contributed by atoms with Gasteiger partial charge < -0.3 is 59.6 Å². The summed E-state index contributed by atoms with van der Waals surface area (Å²) in [4.78, 5) is 49.9. The number of carbonyl (C=O) groups excluding carboxylic acids is 2. The van der Waals surface area contributed by atoms with E-state index in [4.69, 9.17) is 24.5 Å². The van der Waals surface area contributed by atoms with Crippen molar-refractivity contribution in [2.75, 3.05) is 79.5 Å². The molecule has 20 nitrogen and oxygen atoms in total. The number of pyridine rings is 1. The van der Waals surface area contributed by atoms with Gasteiger partial charge in [0.15, 0.2) is 17.4 Å². The van der Waals surface area contributed by atoms with Crippen LogP contribution in [-0.4, -0.2) is 164 Å². The lowest BCUT2D eigenvalue weighted by atomic mass is 9.74. The Balaban J connectivity index is 0.559. The quantitative estimate of drug-likeness (QED) is 0.0683. The molecule has 10 heterocycles. The largest absolute Gasteiger partial charge is 0.507 e. The number of hydrogen-bond acceptors (Lipinski definition) is 19. The SMILES string of the molecule is Cc1ncsc1-c1ccc([C@H](C)NC(=O)[C@@H]2C[C@@H](O)CN2C(=O)[C@@H](c2cc(N3CCC(C4(N5CCC(OC6CC(Oc7cc(N8C9CCC8CN(c8cc(-c%10ccccc%10O)nnc8N)C9)ccn7)C6)CC5)COC4)CC3)no2)C(C)C)cc1. The van der Waals surface area contributed by atoms with E-state index < -0.39 is 18.1 Å². The van der Waals surface area contributed by atoms with E-state index in [1.54, 1.807) is 23.5 Å². The van der Waals surface area contributed by atoms with E-state index in [1.807, 2.05) is 87.9 Å². The molecule has 2 unspecified atom stereocenters. The van der Waals surface area contributed by atoms with Crippen molar-refractivity contribution in [3.63, 3.8) is 0 Å². The van der Waals surface area contributed by atoms with E-state index in [0.717, 1.165) is 143 Å². The van der Waals surface area contributed by atoms with Crippen molar-refractivity contribution in [1.82, 2.24) is 40.4 Å². The van der Waals surface area contributed by atoms with Gasteiger partial charge in [0.2, 0.25) is 17.7 Å². The van der Waals surface area contributed by atoms with Crippen LogP contribution in [0.2, 0.25) is 0 Å². The Morgan fingerprint density at radius 1 is 0.833 bits per heavy atom. The first-order chi connectivity index (χ1) is 40.7. The Morgan fingerprint density at radius 2 is 1.58 bits per heavy atom. The second-order valence-electron chi connectivity index (χ2n) is 24.9. The van der Waals surface area contributed by atoms with E-state index in [-0.39, 0.29) is 66.3 Å². The highest BCUT2D eigenvalue weighted by molar-refractivity contribution is 7.13. The number of para-hydroxylation sites is 1. The maximum atomic E-state index is 14.5. The number of hydrogen-bond donors (Lipinski definition) is 4. The molecule has 2 aromatic carbocycles. The van der Waals surface area contributed by atoms with Gasteiger partial charge in [-0.15, -0.1) is 21.5 Å². The fourth-order valence-corrected chi connectivity index (χ4v) is 15.4. The number of aliphatic hydroxyl groups is 1. The van der Waals surface area contributed by atoms with Gasteiger partial charge in [0.25, 0.3) is 0 Å². The number of aryl methyl sites for hydroxylation is 1. The smallest absolute Gasteiger partial charge is 0.243 e. The van der Waals surface area contributed by atoms with Crippen molar-refractivity contribution in [2.45, 2.75) is 146 Å². The zero-order valence-corrected chi connectivity index (χ0v) is 49.3. The van der Waals surface area contributed by atoms with Crippen LogP contribution in [-0.2, 0) is 19.1 Å². The number of carbonyl (C=O) groups is 2. The molecule has 4 aromatic heterocycles. The first-order valence-corrected chi connectivity index (χ1v) is 31.2. The summed E-state index contributed by atoms with van der Waals surface area (Å²) in [6, 6.07) is 22.8. The van der Waals surface area contributed by atoms with Gasteiger partial charge in [0.05, 0.1) is 70.6 Å². The molecule has 0 spiro atoms. The molecule has 6 atom stereocenters. The molecule has 0 radical (unpaired) electrons. The number of benzene rings is 2. The molecule has 1 aliphatic carbocycles. The molecule has 2 bridgehead atoms. The number of aromatic hydroxyl groups is 1. The molecule has 6 saturated heterocycles. The molecule has 84 heavy (non-hydrogen) atoms. The number of piperidine rings is 2. The lowest BCUT2D eigenvalue weighted by Gasteiger charge is -2.57. The molecule has 5 N–H and O–H groups in total. The number of amides is 2. The van der Waals surface area contributed by atoms with E-state index >= 15 is 0 Å². The maximum Gasteiger partial charge on any atom is 0.243 e. The van der Waals surface area contributed by atoms with Crippen LogP contribution in [0.15, 0.2) is 89.0 Å². The number of phenolic OH excluding ortho intramolecular Hbond substituents is 1. The number of likely N-dealkylation sites (tertiary alicyclic amines) is 2. The molecule has 6 aliphatic heterocycles. The summed E-state index contributed by atoms with van der Waals surface area (Å²) < 4.78 is 25.2. The van der Waals surface area contributed by atoms with Crippen LogP contribution in [0.1, 0.15) is 108 Å². The zero-order chi connectivity index (χ0) is 57.8. The number of thiazole rings is 1. The van der Waals surface area contributed by atoms with Crippen molar-refractivity contribution in [2.24, 2.45) is 11.8 Å². The highest BCUT2D eigenvalue weighted by atomic mass is 32.1. The normalized spacial score (nSPS) is 25.4. The third kappa shape index (κ3) is 11.1. The Hall–Kier alpha value is -6.91. The maximum absolute atomic E-state index is 14.5. The standard InChI is InChI=1S/C63H78N12O8S/c1-37(2)58(62(79)74-33-46(76)26-53(74)61(78)67-38(3)40-9-11-41(12-10-40)59-39(4)66-36-84-59)55-30-56(70-83-55)71-21-16-42(17-22-71)63(34-80-35-63)73-23-18-47(19-24-73)81-48-27-49(28-48)82-57-25-43(15-20-65-57)75-44-13-14-45(75)32-72(31-44)52-29-51(68-69-60(52)64)50-7-5-6-8-54(50)77/h5-12,15,20,25,29-30,36-38,42,44-49,53,58,76-77H,13-14,16-19,21-24,26-28,31-35H2,1-4H3,(H2,64,69)(H,67,78)/t38-,44?,45?,46+,48?,49?,53-,58+/m0/s1. The predicted molar refractivity (Wildman–Crippen MR) is 320 cm³/mol. The molecule has 13 rings (SSSR count). The lowest BCUT2D eigenvalue weighted by Crippen LogP contribution is -2.69. The van der Waals surface area contributed by atoms with Crippen molar-refractivity contribution < 1.29 is 38.5 Å². The van der Waals surface area contributed by atoms with E-state index in [1.165, 1.54) is 4.90 Å². The van der Waals surface area contributed by atoms with Crippen LogP contribution < -0.4 is 30.5 Å². The first-order valence-electron chi connectivity index (χ1n) is 30.3. The second-order valence-corrected chi connectivity index (χ2v) is 25.8. The van der Waals surface area contributed by atoms with Crippen molar-refractivity contribution in [1.29, 1.82) is 0 Å². The van der Waals surface area contributed by atoms with Gasteiger partial charge >= 0.3 is 0 Å². The number of anilines is 4. The van der Waals surface area contributed by atoms with Gasteiger partial charge in [0, 0.05) is 107 Å². The number of fused-ring (bicyclic) bond motifs is 2.